The van der Waals surface area contributed by atoms with Crippen LogP contribution in [0.15, 0.2) is 11.0 Å². The van der Waals surface area contributed by atoms with Gasteiger partial charge in [-0.1, -0.05) is 0 Å². The smallest absolute Gasteiger partial charge is 0.490 e. The van der Waals surface area contributed by atoms with Crippen LogP contribution in [0.25, 0.3) is 0 Å². The molecular weight excluding hydrogens is 413 g/mol. The molecule has 0 spiro atoms. The summed E-state index contributed by atoms with van der Waals surface area (Å²) in [7, 11) is 1.76. The van der Waals surface area contributed by atoms with Crippen molar-refractivity contribution in [1.29, 1.82) is 0 Å². The Labute approximate surface area is 118 Å². The van der Waals surface area contributed by atoms with E-state index in [1.807, 2.05) is 0 Å². The van der Waals surface area contributed by atoms with E-state index < -0.39 is 31.9 Å². The molecule has 0 aromatic carbocycles. The van der Waals surface area contributed by atoms with E-state index in [-0.39, 0.29) is 3.70 Å². The van der Waals surface area contributed by atoms with Crippen LogP contribution in [0.1, 0.15) is 0 Å². The normalized spacial score (nSPS) is 12.3. The van der Waals surface area contributed by atoms with E-state index >= 15 is 0 Å². The molecule has 0 radical (unpaired) electrons. The maximum absolute atomic E-state index is 12.1. The van der Waals surface area contributed by atoms with Gasteiger partial charge < -0.3 is 9.47 Å². The van der Waals surface area contributed by atoms with E-state index in [0.717, 1.165) is 13.2 Å². The summed E-state index contributed by atoms with van der Waals surface area (Å²) in [6.07, 6.45) is -5.03. The zero-order valence-electron chi connectivity index (χ0n) is 8.46. The summed E-state index contributed by atoms with van der Waals surface area (Å²) in [5.41, 5.74) is 0. The van der Waals surface area contributed by atoms with Gasteiger partial charge in [0.1, 0.15) is 8.60 Å². The third kappa shape index (κ3) is 4.02. The van der Waals surface area contributed by atoms with Gasteiger partial charge in [-0.2, -0.15) is 0 Å². The van der Waals surface area contributed by atoms with Gasteiger partial charge in [-0.15, -0.1) is 13.2 Å². The van der Waals surface area contributed by atoms with E-state index in [1.54, 1.807) is 0 Å². The van der Waals surface area contributed by atoms with Crippen molar-refractivity contribution in [1.82, 2.24) is 4.98 Å². The Morgan fingerprint density at radius 1 is 1.44 bits per heavy atom. The zero-order chi connectivity index (χ0) is 14.1. The average Bonchev–Trinajstić information content (AvgIpc) is 2.12. The lowest BCUT2D eigenvalue weighted by molar-refractivity contribution is -0.276. The Kier molecular flexibility index (Phi) is 4.54. The minimum atomic E-state index is -5.03. The number of halogens is 5. The second kappa shape index (κ2) is 5.25. The first-order valence-corrected chi connectivity index (χ1v) is 7.38. The van der Waals surface area contributed by atoms with Crippen molar-refractivity contribution in [3.05, 3.63) is 9.77 Å². The number of pyridine rings is 1. The van der Waals surface area contributed by atoms with Crippen LogP contribution in [0, 0.1) is 3.70 Å². The number of ether oxygens (including phenoxy) is 2. The SMILES string of the molecule is COc1c(S(=O)(=O)Cl)cc(I)nc1OC(F)(F)F. The van der Waals surface area contributed by atoms with Crippen LogP contribution in [0.5, 0.6) is 11.6 Å². The van der Waals surface area contributed by atoms with E-state index in [1.165, 1.54) is 22.6 Å². The first kappa shape index (κ1) is 15.6. The van der Waals surface area contributed by atoms with Crippen LogP contribution in [-0.4, -0.2) is 26.9 Å². The fourth-order valence-corrected chi connectivity index (χ4v) is 2.74. The lowest BCUT2D eigenvalue weighted by Gasteiger charge is -2.13. The maximum atomic E-state index is 12.1. The van der Waals surface area contributed by atoms with E-state index in [2.05, 4.69) is 14.5 Å². The highest BCUT2D eigenvalue weighted by Crippen LogP contribution is 2.37. The molecule has 0 fully saturated rings. The fourth-order valence-electron chi connectivity index (χ4n) is 1.01. The molecule has 0 unspecified atom stereocenters. The Balaban J connectivity index is 3.48. The fraction of sp³-hybridized carbons (Fsp3) is 0.286. The molecule has 0 bridgehead atoms. The Morgan fingerprint density at radius 3 is 2.39 bits per heavy atom. The number of aromatic nitrogens is 1. The zero-order valence-corrected chi connectivity index (χ0v) is 12.2. The standard InChI is InChI=1S/C7H4ClF3INO4S/c1-16-5-3(18(8,14)15)2-4(12)13-6(5)17-7(9,10)11/h2H,1H3. The summed E-state index contributed by atoms with van der Waals surface area (Å²) < 4.78 is 66.8. The van der Waals surface area contributed by atoms with Gasteiger partial charge in [-0.3, -0.25) is 0 Å². The molecule has 0 amide bonds. The monoisotopic (exact) mass is 417 g/mol. The molecule has 5 nitrogen and oxygen atoms in total. The van der Waals surface area contributed by atoms with Crippen molar-refractivity contribution in [2.24, 2.45) is 0 Å². The summed E-state index contributed by atoms with van der Waals surface area (Å²) in [5, 5.41) is 0. The summed E-state index contributed by atoms with van der Waals surface area (Å²) in [6.45, 7) is 0. The molecule has 1 aromatic rings. The molecular formula is C7H4ClF3INO4S. The number of methoxy groups -OCH3 is 1. The Hall–Kier alpha value is -0.490. The summed E-state index contributed by atoms with van der Waals surface area (Å²) in [6, 6.07) is 0.963. The third-order valence-electron chi connectivity index (χ3n) is 1.56. The summed E-state index contributed by atoms with van der Waals surface area (Å²) in [4.78, 5) is 2.75. The molecule has 0 aliphatic heterocycles. The van der Waals surface area contributed by atoms with Crippen molar-refractivity contribution in [2.75, 3.05) is 7.11 Å². The van der Waals surface area contributed by atoms with E-state index in [0.29, 0.717) is 0 Å². The maximum Gasteiger partial charge on any atom is 0.574 e. The molecule has 0 saturated heterocycles. The van der Waals surface area contributed by atoms with Gasteiger partial charge in [0, 0.05) is 10.7 Å². The largest absolute Gasteiger partial charge is 0.574 e. The minimum absolute atomic E-state index is 0.0492. The second-order valence-corrected chi connectivity index (χ2v) is 6.41. The molecule has 102 valence electrons. The van der Waals surface area contributed by atoms with Crippen molar-refractivity contribution in [2.45, 2.75) is 11.3 Å². The molecule has 1 rings (SSSR count). The molecule has 0 saturated carbocycles. The van der Waals surface area contributed by atoms with Gasteiger partial charge in [-0.05, 0) is 28.7 Å². The van der Waals surface area contributed by atoms with Gasteiger partial charge in [0.05, 0.1) is 7.11 Å². The highest BCUT2D eigenvalue weighted by atomic mass is 127. The average molecular weight is 418 g/mol. The molecule has 0 atom stereocenters. The quantitative estimate of drug-likeness (QED) is 0.430. The predicted molar refractivity (Wildman–Crippen MR) is 63.2 cm³/mol. The van der Waals surface area contributed by atoms with E-state index in [9.17, 15) is 21.6 Å². The molecule has 1 heterocycles. The number of hydrogen-bond donors (Lipinski definition) is 0. The lowest BCUT2D eigenvalue weighted by Crippen LogP contribution is -2.19. The van der Waals surface area contributed by atoms with Crippen LogP contribution in [0.3, 0.4) is 0 Å². The van der Waals surface area contributed by atoms with Crippen LogP contribution < -0.4 is 9.47 Å². The number of nitrogens with zero attached hydrogens (tertiary/aromatic N) is 1. The third-order valence-corrected chi connectivity index (χ3v) is 3.44. The Bertz CT molecular complexity index is 563. The van der Waals surface area contributed by atoms with Gasteiger partial charge in [-0.25, -0.2) is 13.4 Å². The highest BCUT2D eigenvalue weighted by molar-refractivity contribution is 14.1. The number of rotatable bonds is 3. The summed E-state index contributed by atoms with van der Waals surface area (Å²) >= 11 is 1.52. The molecule has 11 heteroatoms. The first-order chi connectivity index (χ1) is 8.04. The first-order valence-electron chi connectivity index (χ1n) is 3.99. The van der Waals surface area contributed by atoms with Crippen molar-refractivity contribution >= 4 is 42.3 Å². The Morgan fingerprint density at radius 2 is 2.00 bits per heavy atom. The topological polar surface area (TPSA) is 65.5 Å². The van der Waals surface area contributed by atoms with Gasteiger partial charge >= 0.3 is 6.36 Å². The molecule has 1 aromatic heterocycles. The van der Waals surface area contributed by atoms with Gasteiger partial charge in [0.2, 0.25) is 5.75 Å². The van der Waals surface area contributed by atoms with Crippen LogP contribution in [0.2, 0.25) is 0 Å². The second-order valence-electron chi connectivity index (χ2n) is 2.77. The van der Waals surface area contributed by atoms with Gasteiger partial charge in [0.15, 0.2) is 0 Å². The van der Waals surface area contributed by atoms with Gasteiger partial charge in [0.25, 0.3) is 14.9 Å². The molecule has 18 heavy (non-hydrogen) atoms. The molecule has 0 aliphatic carbocycles. The minimum Gasteiger partial charge on any atom is -0.490 e. The van der Waals surface area contributed by atoms with Crippen LogP contribution >= 0.6 is 33.3 Å². The van der Waals surface area contributed by atoms with Crippen molar-refractivity contribution in [3.8, 4) is 11.6 Å². The summed E-state index contributed by atoms with van der Waals surface area (Å²) in [5.74, 6) is -1.72. The number of alkyl halides is 3. The molecule has 0 aliphatic rings. The number of hydrogen-bond acceptors (Lipinski definition) is 5. The van der Waals surface area contributed by atoms with Crippen LogP contribution in [0.4, 0.5) is 13.2 Å². The van der Waals surface area contributed by atoms with Crippen molar-refractivity contribution in [3.63, 3.8) is 0 Å². The van der Waals surface area contributed by atoms with E-state index in [4.69, 9.17) is 10.7 Å². The lowest BCUT2D eigenvalue weighted by atomic mass is 10.4. The highest BCUT2D eigenvalue weighted by Gasteiger charge is 2.35. The predicted octanol–water partition coefficient (Wildman–Crippen LogP) is 2.52. The van der Waals surface area contributed by atoms with Crippen molar-refractivity contribution < 1.29 is 31.1 Å². The molecule has 0 N–H and O–H groups in total. The van der Waals surface area contributed by atoms with Crippen LogP contribution in [-0.2, 0) is 9.05 Å².